The molecule has 0 heterocycles. The number of rotatable bonds is 59. The maximum Gasteiger partial charge on any atom is 0.149 e. The largest absolute Gasteiger partial charge is 0.330 e. The van der Waals surface area contributed by atoms with E-state index in [9.17, 15) is 9.59 Å². The molecule has 484 valence electrons. The molecule has 0 saturated carbocycles. The zero-order valence-electron chi connectivity index (χ0n) is 57.5. The van der Waals surface area contributed by atoms with Crippen molar-refractivity contribution in [2.75, 3.05) is 33.2 Å². The molecule has 0 aromatic heterocycles. The molecule has 0 spiro atoms. The van der Waals surface area contributed by atoms with Gasteiger partial charge in [0.1, 0.15) is 12.1 Å². The van der Waals surface area contributed by atoms with E-state index in [0.29, 0.717) is 37.3 Å². The van der Waals surface area contributed by atoms with Gasteiger partial charge in [-0.2, -0.15) is 0 Å². The number of nitrogens with one attached hydrogen (secondary N) is 3. The molecular formula is C73H155N5O2. The van der Waals surface area contributed by atoms with E-state index >= 15 is 0 Å². The number of ketones is 1. The van der Waals surface area contributed by atoms with Crippen LogP contribution in [-0.4, -0.2) is 63.4 Å². The lowest BCUT2D eigenvalue weighted by atomic mass is 9.89. The van der Waals surface area contributed by atoms with Gasteiger partial charge >= 0.3 is 0 Å². The first-order chi connectivity index (χ1) is 39.0. The molecule has 0 aromatic carbocycles. The fraction of sp³-hybridized carbons (Fsp3) is 0.973. The third kappa shape index (κ3) is 63.2. The molecular weight excluding hydrogens is 979 g/mol. The van der Waals surface area contributed by atoms with E-state index in [2.05, 4.69) is 99.0 Å². The minimum atomic E-state index is -0.0482. The quantitative estimate of drug-likeness (QED) is 0.0304. The van der Waals surface area contributed by atoms with Gasteiger partial charge in [-0.25, -0.2) is 0 Å². The van der Waals surface area contributed by atoms with Crippen LogP contribution in [0, 0.1) is 29.6 Å². The van der Waals surface area contributed by atoms with Crippen LogP contribution < -0.4 is 27.4 Å². The fourth-order valence-electron chi connectivity index (χ4n) is 11.9. The lowest BCUT2D eigenvalue weighted by Crippen LogP contribution is -2.37. The molecule has 2 unspecified atom stereocenters. The number of nitrogens with two attached hydrogens (primary N) is 2. The van der Waals surface area contributed by atoms with Crippen molar-refractivity contribution in [2.45, 2.75) is 397 Å². The topological polar surface area (TPSA) is 122 Å². The normalized spacial score (nSPS) is 12.9. The standard InChI is InChI=1S/C37H77N5O2.3C12H26/c1-5-7-18-33(19-8-6-2)21-14-26-37(44)36(25-10-12-28-39)42-30-16-23-34(20-13-17-32(3)40-4)22-15-29-41-35(31-43)24-9-11-27-38;3*1-4-7-10-12(9-6-3)11-8-5-2/h31-36,40-42H,5-30,38-39H2,1-4H3;3*12H,4-11H2,1-3H3/t32?,34?,35-,36-;;;/m0.../s1. The van der Waals surface area contributed by atoms with Gasteiger partial charge in [-0.05, 0) is 134 Å². The molecule has 0 rings (SSSR count). The van der Waals surface area contributed by atoms with Crippen molar-refractivity contribution in [3.63, 3.8) is 0 Å². The Hall–Kier alpha value is -0.860. The highest BCUT2D eigenvalue weighted by molar-refractivity contribution is 5.83. The molecule has 0 fully saturated rings. The summed E-state index contributed by atoms with van der Waals surface area (Å²) in [5.41, 5.74) is 11.4. The fourth-order valence-corrected chi connectivity index (χ4v) is 11.9. The first-order valence-corrected chi connectivity index (χ1v) is 36.5. The number of carbonyl (C=O) groups is 2. The lowest BCUT2D eigenvalue weighted by molar-refractivity contribution is -0.121. The van der Waals surface area contributed by atoms with E-state index in [0.717, 1.165) is 101 Å². The Balaban J connectivity index is -0.000000638. The van der Waals surface area contributed by atoms with Crippen LogP contribution in [0.5, 0.6) is 0 Å². The Morgan fingerprint density at radius 3 is 0.988 bits per heavy atom. The van der Waals surface area contributed by atoms with Crippen LogP contribution >= 0.6 is 0 Å². The van der Waals surface area contributed by atoms with E-state index in [4.69, 9.17) is 11.5 Å². The second-order valence-corrected chi connectivity index (χ2v) is 25.4. The number of carbonyl (C=O) groups excluding carboxylic acids is 2. The van der Waals surface area contributed by atoms with E-state index in [-0.39, 0.29) is 12.1 Å². The summed E-state index contributed by atoms with van der Waals surface area (Å²) in [6.07, 6.45) is 60.0. The smallest absolute Gasteiger partial charge is 0.149 e. The summed E-state index contributed by atoms with van der Waals surface area (Å²) in [5, 5.41) is 10.5. The first kappa shape index (κ1) is 85.6. The van der Waals surface area contributed by atoms with E-state index in [1.165, 1.54) is 231 Å². The highest BCUT2D eigenvalue weighted by atomic mass is 16.1. The van der Waals surface area contributed by atoms with Crippen molar-refractivity contribution >= 4 is 12.1 Å². The van der Waals surface area contributed by atoms with Gasteiger partial charge in [0, 0.05) is 12.5 Å². The minimum Gasteiger partial charge on any atom is -0.330 e. The molecule has 7 heteroatoms. The zero-order chi connectivity index (χ0) is 60.4. The average molecular weight is 1140 g/mol. The summed E-state index contributed by atoms with van der Waals surface area (Å²) in [7, 11) is 2.04. The predicted molar refractivity (Wildman–Crippen MR) is 364 cm³/mol. The van der Waals surface area contributed by atoms with Crippen LogP contribution in [0.1, 0.15) is 378 Å². The molecule has 0 amide bonds. The summed E-state index contributed by atoms with van der Waals surface area (Å²) in [6.45, 7) is 30.7. The second-order valence-electron chi connectivity index (χ2n) is 25.4. The summed E-state index contributed by atoms with van der Waals surface area (Å²) < 4.78 is 0. The Morgan fingerprint density at radius 1 is 0.350 bits per heavy atom. The molecule has 7 N–H and O–H groups in total. The highest BCUT2D eigenvalue weighted by Crippen LogP contribution is 2.26. The maximum atomic E-state index is 13.3. The van der Waals surface area contributed by atoms with Crippen molar-refractivity contribution in [1.82, 2.24) is 16.0 Å². The molecule has 0 aliphatic carbocycles. The molecule has 0 saturated heterocycles. The Bertz CT molecular complexity index is 1060. The van der Waals surface area contributed by atoms with Gasteiger partial charge in [-0.1, -0.05) is 301 Å². The first-order valence-electron chi connectivity index (χ1n) is 36.5. The molecule has 0 aliphatic rings. The van der Waals surface area contributed by atoms with Crippen LogP contribution in [0.4, 0.5) is 0 Å². The zero-order valence-corrected chi connectivity index (χ0v) is 57.5. The summed E-state index contributed by atoms with van der Waals surface area (Å²) >= 11 is 0. The average Bonchev–Trinajstić information content (AvgIpc) is 3.47. The number of hydrogen-bond donors (Lipinski definition) is 5. The van der Waals surface area contributed by atoms with Crippen LogP contribution in [0.3, 0.4) is 0 Å². The highest BCUT2D eigenvalue weighted by Gasteiger charge is 2.19. The molecule has 4 atom stereocenters. The summed E-state index contributed by atoms with van der Waals surface area (Å²) in [5.74, 6) is 4.99. The monoisotopic (exact) mass is 1130 g/mol. The SMILES string of the molecule is CCCCC(CCC)CCCC.CCCCC(CCC)CCCC.CCCCC(CCC)CCCC.CCCCC(CCCC)CCCC(=O)[C@H](CCCCN)NCCCC(CCCN[C@H](C=O)CCCCN)CCCC(C)NC. The van der Waals surface area contributed by atoms with E-state index < -0.39 is 0 Å². The van der Waals surface area contributed by atoms with Gasteiger partial charge < -0.3 is 32.2 Å². The van der Waals surface area contributed by atoms with Crippen molar-refractivity contribution in [1.29, 1.82) is 0 Å². The van der Waals surface area contributed by atoms with Crippen molar-refractivity contribution < 1.29 is 9.59 Å². The predicted octanol–water partition coefficient (Wildman–Crippen LogP) is 21.4. The van der Waals surface area contributed by atoms with Gasteiger partial charge in [-0.15, -0.1) is 0 Å². The van der Waals surface area contributed by atoms with Gasteiger partial charge in [0.05, 0.1) is 12.1 Å². The molecule has 0 aromatic rings. The summed E-state index contributed by atoms with van der Waals surface area (Å²) in [6, 6.07) is 0.479. The molecule has 0 radical (unpaired) electrons. The third-order valence-corrected chi connectivity index (χ3v) is 17.4. The summed E-state index contributed by atoms with van der Waals surface area (Å²) in [4.78, 5) is 24.8. The van der Waals surface area contributed by atoms with Gasteiger partial charge in [-0.3, -0.25) is 4.79 Å². The van der Waals surface area contributed by atoms with Crippen LogP contribution in [0.15, 0.2) is 0 Å². The van der Waals surface area contributed by atoms with Crippen LogP contribution in [0.25, 0.3) is 0 Å². The molecule has 0 aliphatic heterocycles. The van der Waals surface area contributed by atoms with Gasteiger partial charge in [0.2, 0.25) is 0 Å². The number of unbranched alkanes of at least 4 members (excludes halogenated alkanes) is 10. The van der Waals surface area contributed by atoms with E-state index in [1.807, 2.05) is 7.05 Å². The van der Waals surface area contributed by atoms with Gasteiger partial charge in [0.25, 0.3) is 0 Å². The van der Waals surface area contributed by atoms with Crippen molar-refractivity contribution in [2.24, 2.45) is 41.1 Å². The number of hydrogen-bond acceptors (Lipinski definition) is 7. The second kappa shape index (κ2) is 72.4. The van der Waals surface area contributed by atoms with E-state index in [1.54, 1.807) is 0 Å². The Morgan fingerprint density at radius 2 is 0.662 bits per heavy atom. The van der Waals surface area contributed by atoms with Crippen LogP contribution in [-0.2, 0) is 9.59 Å². The lowest BCUT2D eigenvalue weighted by Gasteiger charge is -2.21. The molecule has 80 heavy (non-hydrogen) atoms. The number of aldehydes is 1. The van der Waals surface area contributed by atoms with Gasteiger partial charge in [0.15, 0.2) is 0 Å². The van der Waals surface area contributed by atoms with Crippen molar-refractivity contribution in [3.05, 3.63) is 0 Å². The van der Waals surface area contributed by atoms with Crippen LogP contribution in [0.2, 0.25) is 0 Å². The number of Topliss-reactive ketones (excluding diaryl/α,β-unsaturated/α-hetero) is 1. The molecule has 7 nitrogen and oxygen atoms in total. The maximum absolute atomic E-state index is 13.3. The Labute approximate surface area is 506 Å². The third-order valence-electron chi connectivity index (χ3n) is 17.4. The Kier molecular flexibility index (Phi) is 77.5. The minimum absolute atomic E-state index is 0.0232. The molecule has 0 bridgehead atoms. The van der Waals surface area contributed by atoms with Crippen molar-refractivity contribution in [3.8, 4) is 0 Å².